The van der Waals surface area contributed by atoms with Gasteiger partial charge in [0.05, 0.1) is 12.9 Å². The van der Waals surface area contributed by atoms with Crippen molar-refractivity contribution in [3.05, 3.63) is 30.5 Å². The molecule has 0 fully saturated rings. The van der Waals surface area contributed by atoms with Gasteiger partial charge in [-0.25, -0.2) is 4.98 Å². The lowest BCUT2D eigenvalue weighted by Gasteiger charge is -2.20. The lowest BCUT2D eigenvalue weighted by atomic mass is 10.3. The van der Waals surface area contributed by atoms with E-state index in [9.17, 15) is 4.79 Å². The largest absolute Gasteiger partial charge is 0.424 e. The van der Waals surface area contributed by atoms with E-state index >= 15 is 0 Å². The van der Waals surface area contributed by atoms with Crippen molar-refractivity contribution in [1.82, 2.24) is 24.6 Å². The fourth-order valence-electron chi connectivity index (χ4n) is 1.63. The molecule has 0 aliphatic heterocycles. The van der Waals surface area contributed by atoms with Crippen LogP contribution < -0.4 is 0 Å². The highest BCUT2D eigenvalue weighted by molar-refractivity contribution is 5.79. The molecule has 18 heavy (non-hydrogen) atoms. The zero-order chi connectivity index (χ0) is 13.1. The van der Waals surface area contributed by atoms with Gasteiger partial charge in [-0.3, -0.25) is 4.79 Å². The molecule has 1 atom stereocenters. The average Bonchev–Trinajstić information content (AvgIpc) is 2.98. The van der Waals surface area contributed by atoms with Crippen molar-refractivity contribution in [1.29, 1.82) is 0 Å². The summed E-state index contributed by atoms with van der Waals surface area (Å²) < 4.78 is 6.99. The van der Waals surface area contributed by atoms with Gasteiger partial charge in [-0.1, -0.05) is 0 Å². The fraction of sp³-hybridized carbons (Fsp3) is 0.455. The van der Waals surface area contributed by atoms with Crippen molar-refractivity contribution >= 4 is 5.91 Å². The first-order valence-electron chi connectivity index (χ1n) is 5.59. The van der Waals surface area contributed by atoms with Gasteiger partial charge < -0.3 is 13.9 Å². The van der Waals surface area contributed by atoms with Crippen LogP contribution >= 0.6 is 0 Å². The molecule has 96 valence electrons. The van der Waals surface area contributed by atoms with Crippen LogP contribution in [0, 0.1) is 6.92 Å². The molecular weight excluding hydrogens is 234 g/mol. The van der Waals surface area contributed by atoms with Gasteiger partial charge in [0.1, 0.15) is 6.04 Å². The molecule has 0 spiro atoms. The van der Waals surface area contributed by atoms with E-state index < -0.39 is 0 Å². The Bertz CT molecular complexity index is 519. The van der Waals surface area contributed by atoms with E-state index in [0.717, 1.165) is 0 Å². The van der Waals surface area contributed by atoms with Gasteiger partial charge in [0.25, 0.3) is 0 Å². The van der Waals surface area contributed by atoms with E-state index in [1.54, 1.807) is 42.2 Å². The molecule has 0 saturated carbocycles. The lowest BCUT2D eigenvalue weighted by Crippen LogP contribution is -2.32. The Morgan fingerprint density at radius 1 is 1.56 bits per heavy atom. The van der Waals surface area contributed by atoms with Gasteiger partial charge in [-0.2, -0.15) is 0 Å². The number of hydrogen-bond acceptors (Lipinski definition) is 5. The second kappa shape index (κ2) is 4.99. The van der Waals surface area contributed by atoms with Crippen molar-refractivity contribution in [3.8, 4) is 0 Å². The van der Waals surface area contributed by atoms with Crippen LogP contribution in [-0.4, -0.2) is 37.6 Å². The van der Waals surface area contributed by atoms with Crippen molar-refractivity contribution in [3.63, 3.8) is 0 Å². The maximum absolute atomic E-state index is 12.1. The minimum atomic E-state index is -0.304. The van der Waals surface area contributed by atoms with Gasteiger partial charge in [0.15, 0.2) is 0 Å². The molecule has 0 aromatic carbocycles. The standard InChI is InChI=1S/C11H15N5O2/c1-8(16-5-4-12-7-16)11(17)15(3)6-10-14-13-9(2)18-10/h4-5,7-8H,6H2,1-3H3/t8-/m0/s1. The number of hydrogen-bond donors (Lipinski definition) is 0. The quantitative estimate of drug-likeness (QED) is 0.800. The molecular formula is C11H15N5O2. The van der Waals surface area contributed by atoms with E-state index in [-0.39, 0.29) is 11.9 Å². The second-order valence-electron chi connectivity index (χ2n) is 4.09. The minimum Gasteiger partial charge on any atom is -0.424 e. The topological polar surface area (TPSA) is 77.1 Å². The first-order valence-corrected chi connectivity index (χ1v) is 5.59. The average molecular weight is 249 g/mol. The summed E-state index contributed by atoms with van der Waals surface area (Å²) in [5.41, 5.74) is 0. The van der Waals surface area contributed by atoms with E-state index in [0.29, 0.717) is 18.3 Å². The van der Waals surface area contributed by atoms with Gasteiger partial charge in [-0.05, 0) is 6.92 Å². The van der Waals surface area contributed by atoms with Crippen LogP contribution in [0.1, 0.15) is 24.7 Å². The van der Waals surface area contributed by atoms with Crippen LogP contribution in [0.25, 0.3) is 0 Å². The van der Waals surface area contributed by atoms with Gasteiger partial charge in [-0.15, -0.1) is 10.2 Å². The predicted octanol–water partition coefficient (Wildman–Crippen LogP) is 0.794. The molecule has 2 aromatic heterocycles. The minimum absolute atomic E-state index is 0.0381. The van der Waals surface area contributed by atoms with Crippen LogP contribution in [0.3, 0.4) is 0 Å². The Morgan fingerprint density at radius 2 is 2.33 bits per heavy atom. The molecule has 7 heteroatoms. The molecule has 0 aliphatic carbocycles. The summed E-state index contributed by atoms with van der Waals surface area (Å²) in [5, 5.41) is 7.58. The molecule has 2 heterocycles. The molecule has 1 amide bonds. The molecule has 2 rings (SSSR count). The highest BCUT2D eigenvalue weighted by Gasteiger charge is 2.20. The SMILES string of the molecule is Cc1nnc(CN(C)C(=O)[C@H](C)n2ccnc2)o1. The molecule has 0 saturated heterocycles. The summed E-state index contributed by atoms with van der Waals surface area (Å²) in [7, 11) is 1.70. The number of aromatic nitrogens is 4. The normalized spacial score (nSPS) is 12.4. The number of likely N-dealkylation sites (N-methyl/N-ethyl adjacent to an activating group) is 1. The van der Waals surface area contributed by atoms with Gasteiger partial charge >= 0.3 is 0 Å². The number of carbonyl (C=O) groups is 1. The number of rotatable bonds is 4. The molecule has 0 radical (unpaired) electrons. The zero-order valence-corrected chi connectivity index (χ0v) is 10.6. The maximum Gasteiger partial charge on any atom is 0.245 e. The zero-order valence-electron chi connectivity index (χ0n) is 10.6. The van der Waals surface area contributed by atoms with Crippen LogP contribution in [-0.2, 0) is 11.3 Å². The van der Waals surface area contributed by atoms with E-state index in [2.05, 4.69) is 15.2 Å². The fourth-order valence-corrected chi connectivity index (χ4v) is 1.63. The Hall–Kier alpha value is -2.18. The van der Waals surface area contributed by atoms with Crippen molar-refractivity contribution in [2.45, 2.75) is 26.4 Å². The van der Waals surface area contributed by atoms with Crippen LogP contribution in [0.2, 0.25) is 0 Å². The summed E-state index contributed by atoms with van der Waals surface area (Å²) >= 11 is 0. The molecule has 7 nitrogen and oxygen atoms in total. The third-order valence-corrected chi connectivity index (χ3v) is 2.65. The summed E-state index contributed by atoms with van der Waals surface area (Å²) in [6.07, 6.45) is 5.02. The Balaban J connectivity index is 2.00. The smallest absolute Gasteiger partial charge is 0.245 e. The number of carbonyl (C=O) groups excluding carboxylic acids is 1. The molecule has 0 bridgehead atoms. The monoisotopic (exact) mass is 249 g/mol. The van der Waals surface area contributed by atoms with Crippen molar-refractivity contribution in [2.24, 2.45) is 0 Å². The molecule has 0 aliphatic rings. The summed E-state index contributed by atoms with van der Waals surface area (Å²) in [4.78, 5) is 17.6. The third-order valence-electron chi connectivity index (χ3n) is 2.65. The summed E-state index contributed by atoms with van der Waals surface area (Å²) in [6, 6.07) is -0.304. The number of aryl methyl sites for hydroxylation is 1. The first-order chi connectivity index (χ1) is 8.58. The highest BCUT2D eigenvalue weighted by Crippen LogP contribution is 2.10. The van der Waals surface area contributed by atoms with E-state index in [4.69, 9.17) is 4.42 Å². The first kappa shape index (κ1) is 12.3. The summed E-state index contributed by atoms with van der Waals surface area (Å²) in [5.74, 6) is 0.888. The number of amides is 1. The van der Waals surface area contributed by atoms with Crippen molar-refractivity contribution < 1.29 is 9.21 Å². The Morgan fingerprint density at radius 3 is 2.89 bits per heavy atom. The third kappa shape index (κ3) is 2.55. The van der Waals surface area contributed by atoms with Crippen LogP contribution in [0.5, 0.6) is 0 Å². The Kier molecular flexibility index (Phi) is 3.40. The second-order valence-corrected chi connectivity index (χ2v) is 4.09. The van der Waals surface area contributed by atoms with Gasteiger partial charge in [0, 0.05) is 26.4 Å². The van der Waals surface area contributed by atoms with Gasteiger partial charge in [0.2, 0.25) is 17.7 Å². The van der Waals surface area contributed by atoms with E-state index in [1.165, 1.54) is 0 Å². The lowest BCUT2D eigenvalue weighted by molar-refractivity contribution is -0.133. The Labute approximate surface area is 104 Å². The van der Waals surface area contributed by atoms with Crippen molar-refractivity contribution in [2.75, 3.05) is 7.05 Å². The number of imidazole rings is 1. The molecule has 0 N–H and O–H groups in total. The van der Waals surface area contributed by atoms with E-state index in [1.807, 2.05) is 6.92 Å². The summed E-state index contributed by atoms with van der Waals surface area (Å²) in [6.45, 7) is 3.84. The molecule has 2 aromatic rings. The highest BCUT2D eigenvalue weighted by atomic mass is 16.4. The maximum atomic E-state index is 12.1. The molecule has 0 unspecified atom stereocenters. The predicted molar refractivity (Wildman–Crippen MR) is 62.4 cm³/mol. The van der Waals surface area contributed by atoms with Crippen LogP contribution in [0.15, 0.2) is 23.1 Å². The van der Waals surface area contributed by atoms with Crippen LogP contribution in [0.4, 0.5) is 0 Å². The number of nitrogens with zero attached hydrogens (tertiary/aromatic N) is 5.